The molecule has 0 bridgehead atoms. The van der Waals surface area contributed by atoms with Gasteiger partial charge < -0.3 is 10.1 Å². The van der Waals surface area contributed by atoms with Crippen LogP contribution < -0.4 is 5.32 Å². The lowest BCUT2D eigenvalue weighted by Crippen LogP contribution is -2.64. The number of carbonyl (C=O) groups is 1. The van der Waals surface area contributed by atoms with Crippen LogP contribution in [0.1, 0.15) is 63.6 Å². The van der Waals surface area contributed by atoms with Gasteiger partial charge in [-0.2, -0.15) is 0 Å². The minimum atomic E-state index is -0.454. The highest BCUT2D eigenvalue weighted by Gasteiger charge is 2.81. The summed E-state index contributed by atoms with van der Waals surface area (Å²) in [6.45, 7) is 12.0. The summed E-state index contributed by atoms with van der Waals surface area (Å²) in [5.41, 5.74) is 5.38. The van der Waals surface area contributed by atoms with E-state index in [1.165, 1.54) is 23.1 Å². The van der Waals surface area contributed by atoms with Gasteiger partial charge in [-0.1, -0.05) is 19.1 Å². The van der Waals surface area contributed by atoms with Crippen LogP contribution in [0, 0.1) is 12.3 Å². The highest BCUT2D eigenvalue weighted by molar-refractivity contribution is 6.06. The Morgan fingerprint density at radius 3 is 2.69 bits per heavy atom. The number of alkyl carbamates (subject to hydrolysis) is 1. The Hall–Kier alpha value is -1.84. The fourth-order valence-corrected chi connectivity index (χ4v) is 5.01. The molecule has 0 aromatic heterocycles. The van der Waals surface area contributed by atoms with Gasteiger partial charge in [0.1, 0.15) is 11.1 Å². The summed E-state index contributed by atoms with van der Waals surface area (Å²) in [6.07, 6.45) is 4.19. The average molecular weight is 356 g/mol. The van der Waals surface area contributed by atoms with Crippen molar-refractivity contribution in [3.05, 3.63) is 34.9 Å². The number of aryl methyl sites for hydroxylation is 2. The summed E-state index contributed by atoms with van der Waals surface area (Å²) in [7, 11) is 0. The number of hydrogen-bond acceptors (Lipinski definition) is 2. The van der Waals surface area contributed by atoms with Crippen molar-refractivity contribution in [1.82, 2.24) is 5.32 Å². The quantitative estimate of drug-likeness (QED) is 0.830. The molecule has 0 saturated heterocycles. The van der Waals surface area contributed by atoms with Crippen molar-refractivity contribution < 1.29 is 14.1 Å². The van der Waals surface area contributed by atoms with Crippen molar-refractivity contribution in [1.29, 1.82) is 0 Å². The third-order valence-electron chi connectivity index (χ3n) is 6.54. The molecule has 2 atom stereocenters. The first kappa shape index (κ1) is 17.6. The zero-order valence-corrected chi connectivity index (χ0v) is 16.7. The highest BCUT2D eigenvalue weighted by atomic mass is 16.6. The Balaban J connectivity index is 1.49. The second kappa shape index (κ2) is 5.58. The van der Waals surface area contributed by atoms with Gasteiger partial charge >= 0.3 is 6.09 Å². The van der Waals surface area contributed by atoms with Gasteiger partial charge in [0.05, 0.1) is 5.41 Å². The normalized spacial score (nSPS) is 29.0. The lowest BCUT2D eigenvalue weighted by atomic mass is 9.64. The molecule has 0 radical (unpaired) electrons. The van der Waals surface area contributed by atoms with Crippen molar-refractivity contribution in [3.63, 3.8) is 0 Å². The minimum absolute atomic E-state index is 0.108. The molecule has 2 unspecified atom stereocenters. The summed E-state index contributed by atoms with van der Waals surface area (Å²) in [4.78, 5) is 12.4. The van der Waals surface area contributed by atoms with Crippen molar-refractivity contribution in [2.24, 2.45) is 5.41 Å². The molecule has 1 heterocycles. The largest absolute Gasteiger partial charge is 0.444 e. The average Bonchev–Trinajstić information content (AvgIpc) is 3.27. The Morgan fingerprint density at radius 1 is 1.31 bits per heavy atom. The fraction of sp³-hybridized carbons (Fsp3) is 0.636. The van der Waals surface area contributed by atoms with E-state index in [0.29, 0.717) is 0 Å². The van der Waals surface area contributed by atoms with Crippen molar-refractivity contribution >= 4 is 11.8 Å². The third-order valence-corrected chi connectivity index (χ3v) is 6.54. The Bertz CT molecular complexity index is 805. The molecule has 1 aromatic carbocycles. The van der Waals surface area contributed by atoms with E-state index < -0.39 is 5.60 Å². The molecule has 3 aliphatic rings. The second-order valence-corrected chi connectivity index (χ2v) is 9.39. The van der Waals surface area contributed by atoms with Crippen molar-refractivity contribution in [2.45, 2.75) is 78.0 Å². The number of carbonyl (C=O) groups excluding carboxylic acids is 1. The molecule has 1 aromatic rings. The smallest absolute Gasteiger partial charge is 0.408 e. The van der Waals surface area contributed by atoms with Gasteiger partial charge in [-0.05, 0) is 64.2 Å². The van der Waals surface area contributed by atoms with E-state index in [1.807, 2.05) is 20.8 Å². The number of nitrogens with zero attached hydrogens (tertiary/aromatic N) is 1. The molecule has 4 rings (SSSR count). The van der Waals surface area contributed by atoms with E-state index in [0.717, 1.165) is 32.4 Å². The van der Waals surface area contributed by atoms with Crippen LogP contribution in [0.25, 0.3) is 0 Å². The molecule has 1 N–H and O–H groups in total. The maximum Gasteiger partial charge on any atom is 0.408 e. The first-order valence-electron chi connectivity index (χ1n) is 9.89. The summed E-state index contributed by atoms with van der Waals surface area (Å²) < 4.78 is 8.04. The molecule has 2 aliphatic carbocycles. The molecule has 4 nitrogen and oxygen atoms in total. The fourth-order valence-electron chi connectivity index (χ4n) is 5.01. The molecule has 26 heavy (non-hydrogen) atoms. The van der Waals surface area contributed by atoms with E-state index in [1.54, 1.807) is 5.71 Å². The van der Waals surface area contributed by atoms with E-state index >= 15 is 0 Å². The third kappa shape index (κ3) is 2.65. The van der Waals surface area contributed by atoms with Crippen LogP contribution in [0.3, 0.4) is 0 Å². The predicted octanol–water partition coefficient (Wildman–Crippen LogP) is 3.97. The lowest BCUT2D eigenvalue weighted by Gasteiger charge is -2.44. The summed E-state index contributed by atoms with van der Waals surface area (Å²) >= 11 is 0. The van der Waals surface area contributed by atoms with E-state index in [2.05, 4.69) is 41.9 Å². The highest BCUT2D eigenvalue weighted by Crippen LogP contribution is 2.67. The Labute approximate surface area is 156 Å². The standard InChI is InChI=1S/C22H30N2O2/c1-6-17-11-16(8-7-15(17)2)13-24-14-22(10-9-21(22)12-18(21)24)23-19(25)26-20(3,4)5/h7-8,11H,6,9-10,12-14H2,1-5H3/p+1. The number of amides is 1. The zero-order chi connectivity index (χ0) is 18.7. The van der Waals surface area contributed by atoms with Gasteiger partial charge in [0.25, 0.3) is 0 Å². The van der Waals surface area contributed by atoms with Crippen LogP contribution in [0.2, 0.25) is 0 Å². The van der Waals surface area contributed by atoms with Gasteiger partial charge in [-0.3, -0.25) is 0 Å². The molecule has 1 aliphatic heterocycles. The van der Waals surface area contributed by atoms with Crippen LogP contribution in [-0.2, 0) is 17.7 Å². The molecule has 1 spiro atoms. The van der Waals surface area contributed by atoms with Gasteiger partial charge in [0, 0.05) is 12.0 Å². The SMILES string of the molecule is CCc1cc(C[N+]2=C3CC34CCC4(NC(=O)OC(C)(C)C)C2)ccc1C. The molecule has 2 fully saturated rings. The maximum atomic E-state index is 12.4. The molecule has 1 amide bonds. The summed E-state index contributed by atoms with van der Waals surface area (Å²) in [6, 6.07) is 6.83. The van der Waals surface area contributed by atoms with Crippen LogP contribution in [0.5, 0.6) is 0 Å². The predicted molar refractivity (Wildman–Crippen MR) is 103 cm³/mol. The number of ether oxygens (including phenoxy) is 1. The van der Waals surface area contributed by atoms with Crippen molar-refractivity contribution in [3.8, 4) is 0 Å². The molecule has 140 valence electrons. The molecule has 2 saturated carbocycles. The summed E-state index contributed by atoms with van der Waals surface area (Å²) in [5, 5.41) is 3.25. The van der Waals surface area contributed by atoms with Gasteiger partial charge in [-0.25, -0.2) is 9.37 Å². The van der Waals surface area contributed by atoms with Crippen LogP contribution in [0.15, 0.2) is 18.2 Å². The number of nitrogens with one attached hydrogen (secondary N) is 1. The molecule has 4 heteroatoms. The minimum Gasteiger partial charge on any atom is -0.444 e. The summed E-state index contributed by atoms with van der Waals surface area (Å²) in [5.74, 6) is 0. The topological polar surface area (TPSA) is 41.3 Å². The first-order valence-corrected chi connectivity index (χ1v) is 9.89. The van der Waals surface area contributed by atoms with E-state index in [4.69, 9.17) is 4.74 Å². The lowest BCUT2D eigenvalue weighted by molar-refractivity contribution is -0.544. The van der Waals surface area contributed by atoms with Crippen LogP contribution in [-0.4, -0.2) is 34.1 Å². The molecular weight excluding hydrogens is 324 g/mol. The Kier molecular flexibility index (Phi) is 3.77. The molecular formula is C22H31N2O2+. The second-order valence-electron chi connectivity index (χ2n) is 9.39. The van der Waals surface area contributed by atoms with Gasteiger partial charge in [-0.15, -0.1) is 0 Å². The van der Waals surface area contributed by atoms with E-state index in [9.17, 15) is 4.79 Å². The number of benzene rings is 1. The van der Waals surface area contributed by atoms with Crippen molar-refractivity contribution in [2.75, 3.05) is 6.54 Å². The Morgan fingerprint density at radius 2 is 2.08 bits per heavy atom. The zero-order valence-electron chi connectivity index (χ0n) is 16.7. The maximum absolute atomic E-state index is 12.4. The van der Waals surface area contributed by atoms with E-state index in [-0.39, 0.29) is 17.0 Å². The van der Waals surface area contributed by atoms with Crippen LogP contribution in [0.4, 0.5) is 4.79 Å². The van der Waals surface area contributed by atoms with Gasteiger partial charge in [0.15, 0.2) is 18.8 Å². The van der Waals surface area contributed by atoms with Gasteiger partial charge in [0.2, 0.25) is 0 Å². The number of rotatable bonds is 4. The first-order chi connectivity index (χ1) is 12.2. The monoisotopic (exact) mass is 355 g/mol. The van der Waals surface area contributed by atoms with Crippen LogP contribution >= 0.6 is 0 Å². The number of hydrogen-bond donors (Lipinski definition) is 1.